The maximum absolute atomic E-state index is 11.4. The van der Waals surface area contributed by atoms with Gasteiger partial charge < -0.3 is 5.32 Å². The molecule has 0 fully saturated rings. The Morgan fingerprint density at radius 1 is 1.50 bits per heavy atom. The molecular weight excluding hydrogens is 248 g/mol. The SMILES string of the molecule is CC(C)C(=O)NCCC1N=C2C=CC(=O)C=C2S1. The van der Waals surface area contributed by atoms with Crippen molar-refractivity contribution >= 4 is 29.2 Å². The number of thioether (sulfide) groups is 1. The summed E-state index contributed by atoms with van der Waals surface area (Å²) in [5.74, 6) is 0.0981. The minimum atomic E-state index is 0.0124. The summed E-state index contributed by atoms with van der Waals surface area (Å²) in [6, 6.07) is 0. The molecule has 1 amide bonds. The summed E-state index contributed by atoms with van der Waals surface area (Å²) in [7, 11) is 0. The second-order valence-electron chi connectivity index (χ2n) is 4.57. The van der Waals surface area contributed by atoms with Crippen LogP contribution in [-0.2, 0) is 9.59 Å². The van der Waals surface area contributed by atoms with Gasteiger partial charge in [-0.05, 0) is 18.6 Å². The molecule has 96 valence electrons. The fraction of sp³-hybridized carbons (Fsp3) is 0.462. The number of carbonyl (C=O) groups excluding carboxylic acids is 2. The van der Waals surface area contributed by atoms with E-state index in [4.69, 9.17) is 0 Å². The molecule has 0 aromatic rings. The molecule has 2 aliphatic rings. The molecular formula is C13H16N2O2S. The van der Waals surface area contributed by atoms with Crippen LogP contribution in [0.5, 0.6) is 0 Å². The maximum atomic E-state index is 11.4. The van der Waals surface area contributed by atoms with Crippen molar-refractivity contribution in [2.45, 2.75) is 25.6 Å². The third-order valence-corrected chi connectivity index (χ3v) is 3.89. The molecule has 4 nitrogen and oxygen atoms in total. The molecule has 2 rings (SSSR count). The van der Waals surface area contributed by atoms with Crippen LogP contribution < -0.4 is 5.32 Å². The Hall–Kier alpha value is -1.36. The lowest BCUT2D eigenvalue weighted by Gasteiger charge is -2.09. The number of nitrogens with zero attached hydrogens (tertiary/aromatic N) is 1. The fourth-order valence-electron chi connectivity index (χ4n) is 1.67. The Kier molecular flexibility index (Phi) is 4.01. The van der Waals surface area contributed by atoms with Crippen LogP contribution in [0, 0.1) is 5.92 Å². The van der Waals surface area contributed by atoms with Crippen LogP contribution in [0.1, 0.15) is 20.3 Å². The van der Waals surface area contributed by atoms with E-state index >= 15 is 0 Å². The van der Waals surface area contributed by atoms with Gasteiger partial charge in [0.25, 0.3) is 0 Å². The third kappa shape index (κ3) is 3.10. The zero-order valence-electron chi connectivity index (χ0n) is 10.5. The monoisotopic (exact) mass is 264 g/mol. The number of amides is 1. The average Bonchev–Trinajstić information content (AvgIpc) is 2.70. The number of allylic oxidation sites excluding steroid dienone is 4. The number of nitrogens with one attached hydrogen (secondary N) is 1. The maximum Gasteiger partial charge on any atom is 0.222 e. The molecule has 0 radical (unpaired) electrons. The number of fused-ring (bicyclic) bond motifs is 1. The Labute approximate surface area is 111 Å². The predicted octanol–water partition coefficient (Wildman–Crippen LogP) is 1.69. The molecule has 1 N–H and O–H groups in total. The van der Waals surface area contributed by atoms with E-state index in [9.17, 15) is 9.59 Å². The second kappa shape index (κ2) is 5.52. The second-order valence-corrected chi connectivity index (χ2v) is 5.79. The first-order valence-electron chi connectivity index (χ1n) is 6.02. The number of rotatable bonds is 4. The van der Waals surface area contributed by atoms with Gasteiger partial charge in [-0.25, -0.2) is 0 Å². The normalized spacial score (nSPS) is 21.7. The van der Waals surface area contributed by atoms with Gasteiger partial charge in [-0.2, -0.15) is 0 Å². The van der Waals surface area contributed by atoms with Gasteiger partial charge in [0.05, 0.1) is 5.71 Å². The number of hydrogen-bond acceptors (Lipinski definition) is 4. The minimum absolute atomic E-state index is 0.0124. The Morgan fingerprint density at radius 2 is 2.28 bits per heavy atom. The van der Waals surface area contributed by atoms with Crippen molar-refractivity contribution in [3.63, 3.8) is 0 Å². The molecule has 0 bridgehead atoms. The molecule has 5 heteroatoms. The summed E-state index contributed by atoms with van der Waals surface area (Å²) in [4.78, 5) is 28.0. The lowest BCUT2D eigenvalue weighted by molar-refractivity contribution is -0.124. The minimum Gasteiger partial charge on any atom is -0.356 e. The zero-order chi connectivity index (χ0) is 13.1. The van der Waals surface area contributed by atoms with E-state index < -0.39 is 0 Å². The first kappa shape index (κ1) is 13.1. The van der Waals surface area contributed by atoms with Crippen molar-refractivity contribution in [2.75, 3.05) is 6.54 Å². The van der Waals surface area contributed by atoms with Crippen LogP contribution in [0.2, 0.25) is 0 Å². The van der Waals surface area contributed by atoms with Crippen LogP contribution in [0.25, 0.3) is 0 Å². The summed E-state index contributed by atoms with van der Waals surface area (Å²) >= 11 is 1.59. The zero-order valence-corrected chi connectivity index (χ0v) is 11.3. The molecule has 18 heavy (non-hydrogen) atoms. The number of hydrogen-bond donors (Lipinski definition) is 1. The third-order valence-electron chi connectivity index (χ3n) is 2.69. The van der Waals surface area contributed by atoms with Crippen molar-refractivity contribution in [2.24, 2.45) is 10.9 Å². The smallest absolute Gasteiger partial charge is 0.222 e. The molecule has 0 saturated carbocycles. The summed E-state index contributed by atoms with van der Waals surface area (Å²) in [5.41, 5.74) is 0.889. The number of aliphatic imine (C=N–C) groups is 1. The molecule has 0 aromatic heterocycles. The Morgan fingerprint density at radius 3 is 3.00 bits per heavy atom. The summed E-state index contributed by atoms with van der Waals surface area (Å²) < 4.78 is 0. The molecule has 0 aromatic carbocycles. The van der Waals surface area contributed by atoms with Crippen molar-refractivity contribution in [1.82, 2.24) is 5.32 Å². The van der Waals surface area contributed by atoms with Crippen LogP contribution in [0.3, 0.4) is 0 Å². The van der Waals surface area contributed by atoms with E-state index in [0.29, 0.717) is 6.54 Å². The highest BCUT2D eigenvalue weighted by Gasteiger charge is 2.24. The van der Waals surface area contributed by atoms with Crippen molar-refractivity contribution < 1.29 is 9.59 Å². The van der Waals surface area contributed by atoms with Gasteiger partial charge in [-0.1, -0.05) is 25.6 Å². The number of ketones is 1. The number of carbonyl (C=O) groups is 2. The van der Waals surface area contributed by atoms with Gasteiger partial charge >= 0.3 is 0 Å². The highest BCUT2D eigenvalue weighted by Crippen LogP contribution is 2.34. The molecule has 1 atom stereocenters. The highest BCUT2D eigenvalue weighted by atomic mass is 32.2. The van der Waals surface area contributed by atoms with Gasteiger partial charge in [0.1, 0.15) is 5.37 Å². The first-order valence-corrected chi connectivity index (χ1v) is 6.90. The fourth-order valence-corrected chi connectivity index (χ4v) is 2.79. The average molecular weight is 264 g/mol. The van der Waals surface area contributed by atoms with Crippen molar-refractivity contribution in [3.05, 3.63) is 23.1 Å². The van der Waals surface area contributed by atoms with E-state index in [1.165, 1.54) is 6.08 Å². The lowest BCUT2D eigenvalue weighted by Crippen LogP contribution is -2.29. The molecule has 1 aliphatic carbocycles. The summed E-state index contributed by atoms with van der Waals surface area (Å²) in [6.07, 6.45) is 5.70. The van der Waals surface area contributed by atoms with Crippen molar-refractivity contribution in [1.29, 1.82) is 0 Å². The standard InChI is InChI=1S/C13H16N2O2S/c1-8(2)13(17)14-6-5-12-15-10-4-3-9(16)7-11(10)18-12/h3-4,7-8,12H,5-6H2,1-2H3,(H,14,17). The van der Waals surface area contributed by atoms with E-state index in [-0.39, 0.29) is 23.0 Å². The summed E-state index contributed by atoms with van der Waals surface area (Å²) in [5, 5.41) is 2.98. The van der Waals surface area contributed by atoms with Gasteiger partial charge in [0, 0.05) is 23.4 Å². The van der Waals surface area contributed by atoms with Crippen molar-refractivity contribution in [3.8, 4) is 0 Å². The molecule has 0 saturated heterocycles. The predicted molar refractivity (Wildman–Crippen MR) is 73.5 cm³/mol. The molecule has 1 heterocycles. The quantitative estimate of drug-likeness (QED) is 0.786. The van der Waals surface area contributed by atoms with Crippen LogP contribution in [-0.4, -0.2) is 29.3 Å². The molecule has 0 spiro atoms. The van der Waals surface area contributed by atoms with E-state index in [1.807, 2.05) is 13.8 Å². The molecule has 1 unspecified atom stereocenters. The van der Waals surface area contributed by atoms with Crippen LogP contribution >= 0.6 is 11.8 Å². The van der Waals surface area contributed by atoms with Crippen LogP contribution in [0.4, 0.5) is 0 Å². The molecule has 1 aliphatic heterocycles. The van der Waals surface area contributed by atoms with Gasteiger partial charge in [-0.3, -0.25) is 14.6 Å². The van der Waals surface area contributed by atoms with Gasteiger partial charge in [-0.15, -0.1) is 0 Å². The Balaban J connectivity index is 1.82. The summed E-state index contributed by atoms with van der Waals surface area (Å²) in [6.45, 7) is 4.36. The van der Waals surface area contributed by atoms with E-state index in [0.717, 1.165) is 17.0 Å². The van der Waals surface area contributed by atoms with Crippen LogP contribution in [0.15, 0.2) is 28.1 Å². The first-order chi connectivity index (χ1) is 8.56. The topological polar surface area (TPSA) is 58.5 Å². The van der Waals surface area contributed by atoms with E-state index in [2.05, 4.69) is 10.3 Å². The largest absolute Gasteiger partial charge is 0.356 e. The highest BCUT2D eigenvalue weighted by molar-refractivity contribution is 8.05. The Bertz CT molecular complexity index is 464. The lowest BCUT2D eigenvalue weighted by atomic mass is 10.1. The van der Waals surface area contributed by atoms with Gasteiger partial charge in [0.2, 0.25) is 5.91 Å². The van der Waals surface area contributed by atoms with E-state index in [1.54, 1.807) is 23.9 Å². The van der Waals surface area contributed by atoms with Gasteiger partial charge in [0.15, 0.2) is 5.78 Å².